The fourth-order valence-electron chi connectivity index (χ4n) is 4.71. The zero-order chi connectivity index (χ0) is 21.1. The van der Waals surface area contributed by atoms with Gasteiger partial charge in [0.15, 0.2) is 0 Å². The van der Waals surface area contributed by atoms with Crippen LogP contribution in [0.5, 0.6) is 0 Å². The second kappa shape index (κ2) is 9.25. The van der Waals surface area contributed by atoms with Gasteiger partial charge in [0.1, 0.15) is 5.82 Å². The van der Waals surface area contributed by atoms with E-state index < -0.39 is 0 Å². The molecule has 1 aromatic carbocycles. The summed E-state index contributed by atoms with van der Waals surface area (Å²) >= 11 is 0. The molecule has 1 saturated carbocycles. The van der Waals surface area contributed by atoms with Crippen molar-refractivity contribution in [2.75, 3.05) is 13.1 Å². The van der Waals surface area contributed by atoms with Crippen LogP contribution < -0.4 is 5.32 Å². The number of nitrogens with zero attached hydrogens (tertiary/aromatic N) is 3. The Balaban J connectivity index is 1.39. The van der Waals surface area contributed by atoms with E-state index in [4.69, 9.17) is 4.52 Å². The zero-order valence-electron chi connectivity index (χ0n) is 17.8. The Hall–Kier alpha value is -2.28. The van der Waals surface area contributed by atoms with Crippen LogP contribution in [0.2, 0.25) is 0 Å². The van der Waals surface area contributed by atoms with E-state index in [-0.39, 0.29) is 23.7 Å². The first kappa shape index (κ1) is 21.0. The second-order valence-corrected chi connectivity index (χ2v) is 8.85. The molecule has 2 heterocycles. The van der Waals surface area contributed by atoms with E-state index in [0.29, 0.717) is 35.8 Å². The maximum atomic E-state index is 13.5. The standard InChI is InChI=1S/C23H31FN4O2/c1-15-7-3-4-11-20(15)25-22(29)16(2)28-12-6-9-18(14-28)23-26-21(27-30-23)17-8-5-10-19(24)13-17/h5,8,10,13,15-16,18,20H,3-4,6-7,9,11-12,14H2,1-2H3,(H,25,29). The number of hydrogen-bond acceptors (Lipinski definition) is 5. The molecule has 0 spiro atoms. The number of rotatable bonds is 5. The van der Waals surface area contributed by atoms with Gasteiger partial charge >= 0.3 is 0 Å². The molecule has 2 aliphatic rings. The molecule has 2 fully saturated rings. The van der Waals surface area contributed by atoms with Gasteiger partial charge in [-0.3, -0.25) is 9.69 Å². The summed E-state index contributed by atoms with van der Waals surface area (Å²) in [4.78, 5) is 19.6. The molecule has 0 bridgehead atoms. The fourth-order valence-corrected chi connectivity index (χ4v) is 4.71. The molecule has 1 amide bonds. The maximum absolute atomic E-state index is 13.5. The fraction of sp³-hybridized carbons (Fsp3) is 0.609. The van der Waals surface area contributed by atoms with Crippen LogP contribution in [0.4, 0.5) is 4.39 Å². The topological polar surface area (TPSA) is 71.3 Å². The van der Waals surface area contributed by atoms with Crippen molar-refractivity contribution in [1.29, 1.82) is 0 Å². The van der Waals surface area contributed by atoms with Gasteiger partial charge < -0.3 is 9.84 Å². The molecule has 1 aliphatic carbocycles. The van der Waals surface area contributed by atoms with Gasteiger partial charge in [0.2, 0.25) is 17.6 Å². The van der Waals surface area contributed by atoms with Crippen molar-refractivity contribution in [1.82, 2.24) is 20.4 Å². The highest BCUT2D eigenvalue weighted by molar-refractivity contribution is 5.81. The number of nitrogens with one attached hydrogen (secondary N) is 1. The van der Waals surface area contributed by atoms with Gasteiger partial charge in [-0.15, -0.1) is 0 Å². The lowest BCUT2D eigenvalue weighted by molar-refractivity contribution is -0.127. The minimum atomic E-state index is -0.324. The number of carbonyl (C=O) groups is 1. The van der Waals surface area contributed by atoms with Crippen molar-refractivity contribution in [3.8, 4) is 11.4 Å². The first-order chi connectivity index (χ1) is 14.5. The van der Waals surface area contributed by atoms with Gasteiger partial charge in [-0.25, -0.2) is 4.39 Å². The highest BCUT2D eigenvalue weighted by atomic mass is 19.1. The van der Waals surface area contributed by atoms with Gasteiger partial charge in [-0.1, -0.05) is 37.1 Å². The highest BCUT2D eigenvalue weighted by Crippen LogP contribution is 2.29. The summed E-state index contributed by atoms with van der Waals surface area (Å²) in [5.74, 6) is 1.38. The molecule has 1 aliphatic heterocycles. The molecular formula is C23H31FN4O2. The lowest BCUT2D eigenvalue weighted by Crippen LogP contribution is -2.52. The predicted molar refractivity (Wildman–Crippen MR) is 112 cm³/mol. The van der Waals surface area contributed by atoms with Crippen LogP contribution in [0, 0.1) is 11.7 Å². The Morgan fingerprint density at radius 3 is 2.90 bits per heavy atom. The Kier molecular flexibility index (Phi) is 6.46. The van der Waals surface area contributed by atoms with Crippen LogP contribution in [0.15, 0.2) is 28.8 Å². The Morgan fingerprint density at radius 2 is 2.10 bits per heavy atom. The molecule has 4 atom stereocenters. The van der Waals surface area contributed by atoms with E-state index in [0.717, 1.165) is 25.8 Å². The van der Waals surface area contributed by atoms with Crippen molar-refractivity contribution in [3.05, 3.63) is 36.0 Å². The molecule has 30 heavy (non-hydrogen) atoms. The quantitative estimate of drug-likeness (QED) is 0.796. The van der Waals surface area contributed by atoms with Crippen molar-refractivity contribution >= 4 is 5.91 Å². The first-order valence-electron chi connectivity index (χ1n) is 11.1. The van der Waals surface area contributed by atoms with Gasteiger partial charge in [0, 0.05) is 18.2 Å². The lowest BCUT2D eigenvalue weighted by atomic mass is 9.86. The third kappa shape index (κ3) is 4.72. The molecule has 4 rings (SSSR count). The largest absolute Gasteiger partial charge is 0.352 e. The molecule has 2 aromatic rings. The predicted octanol–water partition coefficient (Wildman–Crippen LogP) is 4.14. The van der Waals surface area contributed by atoms with E-state index in [1.807, 2.05) is 6.92 Å². The van der Waals surface area contributed by atoms with E-state index in [2.05, 4.69) is 27.3 Å². The molecule has 6 nitrogen and oxygen atoms in total. The average Bonchev–Trinajstić information content (AvgIpc) is 3.25. The Morgan fingerprint density at radius 1 is 1.27 bits per heavy atom. The third-order valence-corrected chi connectivity index (χ3v) is 6.69. The molecule has 7 heteroatoms. The molecule has 4 unspecified atom stereocenters. The molecule has 1 N–H and O–H groups in total. The first-order valence-corrected chi connectivity index (χ1v) is 11.1. The van der Waals surface area contributed by atoms with Crippen LogP contribution in [0.25, 0.3) is 11.4 Å². The number of amides is 1. The summed E-state index contributed by atoms with van der Waals surface area (Å²) < 4.78 is 19.0. The van der Waals surface area contributed by atoms with Gasteiger partial charge in [-0.05, 0) is 57.2 Å². The highest BCUT2D eigenvalue weighted by Gasteiger charge is 2.32. The summed E-state index contributed by atoms with van der Waals surface area (Å²) in [6.45, 7) is 5.81. The van der Waals surface area contributed by atoms with Crippen molar-refractivity contribution in [2.24, 2.45) is 5.92 Å². The van der Waals surface area contributed by atoms with Crippen LogP contribution in [-0.2, 0) is 4.79 Å². The second-order valence-electron chi connectivity index (χ2n) is 8.85. The SMILES string of the molecule is CC1CCCCC1NC(=O)C(C)N1CCCC(c2nc(-c3cccc(F)c3)no2)C1. The molecular weight excluding hydrogens is 383 g/mol. The summed E-state index contributed by atoms with van der Waals surface area (Å²) in [5.41, 5.74) is 0.604. The zero-order valence-corrected chi connectivity index (χ0v) is 17.8. The summed E-state index contributed by atoms with van der Waals surface area (Å²) in [7, 11) is 0. The maximum Gasteiger partial charge on any atom is 0.237 e. The molecule has 0 radical (unpaired) electrons. The van der Waals surface area contributed by atoms with Crippen LogP contribution in [0.1, 0.15) is 64.2 Å². The number of piperidine rings is 1. The Bertz CT molecular complexity index is 870. The van der Waals surface area contributed by atoms with Crippen LogP contribution in [-0.4, -0.2) is 46.1 Å². The number of likely N-dealkylation sites (tertiary alicyclic amines) is 1. The van der Waals surface area contributed by atoms with Crippen LogP contribution in [0.3, 0.4) is 0 Å². The minimum Gasteiger partial charge on any atom is -0.352 e. The van der Waals surface area contributed by atoms with Gasteiger partial charge in [-0.2, -0.15) is 4.98 Å². The smallest absolute Gasteiger partial charge is 0.237 e. The molecule has 1 saturated heterocycles. The van der Waals surface area contributed by atoms with E-state index in [1.165, 1.54) is 31.4 Å². The summed E-state index contributed by atoms with van der Waals surface area (Å²) in [5, 5.41) is 7.33. The van der Waals surface area contributed by atoms with Crippen LogP contribution >= 0.6 is 0 Å². The van der Waals surface area contributed by atoms with Crippen molar-refractivity contribution in [3.63, 3.8) is 0 Å². The van der Waals surface area contributed by atoms with Gasteiger partial charge in [0.05, 0.1) is 12.0 Å². The molecule has 1 aromatic heterocycles. The number of carbonyl (C=O) groups excluding carboxylic acids is 1. The number of benzene rings is 1. The minimum absolute atomic E-state index is 0.0809. The Labute approximate surface area is 177 Å². The van der Waals surface area contributed by atoms with Crippen molar-refractivity contribution in [2.45, 2.75) is 70.4 Å². The van der Waals surface area contributed by atoms with Crippen molar-refractivity contribution < 1.29 is 13.7 Å². The number of hydrogen-bond donors (Lipinski definition) is 1. The van der Waals surface area contributed by atoms with E-state index >= 15 is 0 Å². The normalized spacial score (nSPS) is 26.3. The van der Waals surface area contributed by atoms with Gasteiger partial charge in [0.25, 0.3) is 0 Å². The van der Waals surface area contributed by atoms with E-state index in [1.54, 1.807) is 12.1 Å². The summed E-state index contributed by atoms with van der Waals surface area (Å²) in [6.07, 6.45) is 6.64. The number of halogens is 1. The number of aromatic nitrogens is 2. The van der Waals surface area contributed by atoms with E-state index in [9.17, 15) is 9.18 Å². The third-order valence-electron chi connectivity index (χ3n) is 6.69. The lowest BCUT2D eigenvalue weighted by Gasteiger charge is -2.36. The molecule has 162 valence electrons. The monoisotopic (exact) mass is 414 g/mol. The summed E-state index contributed by atoms with van der Waals surface area (Å²) in [6, 6.07) is 6.30. The average molecular weight is 415 g/mol.